The van der Waals surface area contributed by atoms with Crippen LogP contribution in [0.5, 0.6) is 0 Å². The number of hydrogen-bond donors (Lipinski definition) is 1. The second kappa shape index (κ2) is 7.04. The predicted molar refractivity (Wildman–Crippen MR) is 78.6 cm³/mol. The van der Waals surface area contributed by atoms with E-state index in [4.69, 9.17) is 11.6 Å². The lowest BCUT2D eigenvalue weighted by Gasteiger charge is -2.36. The number of hydrogen-bond acceptors (Lipinski definition) is 2. The molecular weight excluding hydrogens is 279 g/mol. The molecule has 0 saturated carbocycles. The van der Waals surface area contributed by atoms with Crippen LogP contribution in [0.15, 0.2) is 18.2 Å². The topological polar surface area (TPSA) is 32.3 Å². The highest BCUT2D eigenvalue weighted by Gasteiger charge is 2.28. The molecule has 1 fully saturated rings. The number of benzene rings is 1. The minimum Gasteiger partial charge on any atom is -0.336 e. The lowest BCUT2D eigenvalue weighted by Crippen LogP contribution is -2.45. The second-order valence-electron chi connectivity index (χ2n) is 5.16. The Labute approximate surface area is 124 Å². The molecule has 1 amide bonds. The summed E-state index contributed by atoms with van der Waals surface area (Å²) in [6.45, 7) is 1.55. The Morgan fingerprint density at radius 2 is 2.30 bits per heavy atom. The van der Waals surface area contributed by atoms with E-state index in [1.54, 1.807) is 4.90 Å². The number of piperidine rings is 1. The summed E-state index contributed by atoms with van der Waals surface area (Å²) in [6, 6.07) is 4.31. The van der Waals surface area contributed by atoms with Gasteiger partial charge in [0.05, 0.1) is 5.56 Å². The lowest BCUT2D eigenvalue weighted by atomic mass is 9.98. The van der Waals surface area contributed by atoms with E-state index in [9.17, 15) is 9.18 Å². The highest BCUT2D eigenvalue weighted by atomic mass is 35.5. The van der Waals surface area contributed by atoms with Crippen LogP contribution >= 0.6 is 11.6 Å². The van der Waals surface area contributed by atoms with Crippen molar-refractivity contribution >= 4 is 17.5 Å². The Bertz CT molecular complexity index is 481. The maximum absolute atomic E-state index is 13.8. The van der Waals surface area contributed by atoms with Gasteiger partial charge in [0, 0.05) is 17.6 Å². The monoisotopic (exact) mass is 298 g/mol. The molecule has 1 unspecified atom stereocenters. The first-order chi connectivity index (χ1) is 9.63. The van der Waals surface area contributed by atoms with Gasteiger partial charge in [-0.05, 0) is 57.5 Å². The van der Waals surface area contributed by atoms with Gasteiger partial charge >= 0.3 is 0 Å². The van der Waals surface area contributed by atoms with E-state index in [-0.39, 0.29) is 17.5 Å². The first-order valence-electron chi connectivity index (χ1n) is 7.04. The SMILES string of the molecule is CNCCC1CCCCN1C(=O)c1cc(Cl)ccc1F. The lowest BCUT2D eigenvalue weighted by molar-refractivity contribution is 0.0598. The van der Waals surface area contributed by atoms with Crippen molar-refractivity contribution < 1.29 is 9.18 Å². The number of nitrogens with one attached hydrogen (secondary N) is 1. The molecule has 1 N–H and O–H groups in total. The van der Waals surface area contributed by atoms with E-state index in [0.29, 0.717) is 11.6 Å². The summed E-state index contributed by atoms with van der Waals surface area (Å²) in [7, 11) is 1.89. The first kappa shape index (κ1) is 15.3. The van der Waals surface area contributed by atoms with Crippen LogP contribution < -0.4 is 5.32 Å². The number of amides is 1. The summed E-state index contributed by atoms with van der Waals surface area (Å²) in [5, 5.41) is 3.49. The Hall–Kier alpha value is -1.13. The first-order valence-corrected chi connectivity index (χ1v) is 7.42. The number of rotatable bonds is 4. The Morgan fingerprint density at radius 1 is 1.50 bits per heavy atom. The molecule has 1 heterocycles. The van der Waals surface area contributed by atoms with E-state index >= 15 is 0 Å². The number of carbonyl (C=O) groups excluding carboxylic acids is 1. The minimum absolute atomic E-state index is 0.0776. The summed E-state index contributed by atoms with van der Waals surface area (Å²) in [4.78, 5) is 14.4. The standard InChI is InChI=1S/C15H20ClFN2O/c1-18-8-7-12-4-2-3-9-19(12)15(20)13-10-11(16)5-6-14(13)17/h5-6,10,12,18H,2-4,7-9H2,1H3. The maximum Gasteiger partial charge on any atom is 0.257 e. The fourth-order valence-electron chi connectivity index (χ4n) is 2.70. The Morgan fingerprint density at radius 3 is 3.05 bits per heavy atom. The van der Waals surface area contributed by atoms with Crippen molar-refractivity contribution in [2.75, 3.05) is 20.1 Å². The molecule has 0 aliphatic carbocycles. The maximum atomic E-state index is 13.8. The molecule has 1 atom stereocenters. The van der Waals surface area contributed by atoms with Crippen LogP contribution in [-0.4, -0.2) is 37.0 Å². The Balaban J connectivity index is 2.18. The molecule has 1 aromatic carbocycles. The smallest absolute Gasteiger partial charge is 0.257 e. The van der Waals surface area contributed by atoms with E-state index in [1.165, 1.54) is 18.2 Å². The van der Waals surface area contributed by atoms with Crippen molar-refractivity contribution in [2.24, 2.45) is 0 Å². The molecule has 110 valence electrons. The molecule has 3 nitrogen and oxygen atoms in total. The van der Waals surface area contributed by atoms with Gasteiger partial charge in [-0.1, -0.05) is 11.6 Å². The van der Waals surface area contributed by atoms with Gasteiger partial charge in [-0.2, -0.15) is 0 Å². The summed E-state index contributed by atoms with van der Waals surface area (Å²) >= 11 is 5.87. The third-order valence-electron chi connectivity index (χ3n) is 3.77. The van der Waals surface area contributed by atoms with Crippen LogP contribution in [0.3, 0.4) is 0 Å². The molecule has 1 aromatic rings. The molecule has 2 rings (SSSR count). The normalized spacial score (nSPS) is 19.1. The molecule has 5 heteroatoms. The van der Waals surface area contributed by atoms with E-state index < -0.39 is 5.82 Å². The fourth-order valence-corrected chi connectivity index (χ4v) is 2.87. The highest BCUT2D eigenvalue weighted by molar-refractivity contribution is 6.31. The van der Waals surface area contributed by atoms with Gasteiger partial charge in [0.1, 0.15) is 5.82 Å². The van der Waals surface area contributed by atoms with E-state index in [0.717, 1.165) is 32.2 Å². The zero-order valence-electron chi connectivity index (χ0n) is 11.7. The number of halogens is 2. The molecule has 0 radical (unpaired) electrons. The van der Waals surface area contributed by atoms with Gasteiger partial charge in [-0.25, -0.2) is 4.39 Å². The van der Waals surface area contributed by atoms with Gasteiger partial charge in [0.25, 0.3) is 5.91 Å². The zero-order chi connectivity index (χ0) is 14.5. The van der Waals surface area contributed by atoms with Crippen molar-refractivity contribution in [1.29, 1.82) is 0 Å². The van der Waals surface area contributed by atoms with Gasteiger partial charge < -0.3 is 10.2 Å². The van der Waals surface area contributed by atoms with Gasteiger partial charge in [0.2, 0.25) is 0 Å². The molecule has 1 saturated heterocycles. The predicted octanol–water partition coefficient (Wildman–Crippen LogP) is 3.08. The average Bonchev–Trinajstić information content (AvgIpc) is 2.47. The van der Waals surface area contributed by atoms with Crippen molar-refractivity contribution in [1.82, 2.24) is 10.2 Å². The Kier molecular flexibility index (Phi) is 5.38. The van der Waals surface area contributed by atoms with Gasteiger partial charge in [0.15, 0.2) is 0 Å². The molecule has 1 aliphatic heterocycles. The summed E-state index contributed by atoms with van der Waals surface area (Å²) in [5.41, 5.74) is 0.0776. The minimum atomic E-state index is -0.502. The van der Waals surface area contributed by atoms with Crippen LogP contribution in [0.2, 0.25) is 5.02 Å². The van der Waals surface area contributed by atoms with Gasteiger partial charge in [-0.15, -0.1) is 0 Å². The largest absolute Gasteiger partial charge is 0.336 e. The third kappa shape index (κ3) is 3.49. The molecule has 0 bridgehead atoms. The van der Waals surface area contributed by atoms with Crippen molar-refractivity contribution in [3.63, 3.8) is 0 Å². The third-order valence-corrected chi connectivity index (χ3v) is 4.01. The number of nitrogens with zero attached hydrogens (tertiary/aromatic N) is 1. The quantitative estimate of drug-likeness (QED) is 0.926. The fraction of sp³-hybridized carbons (Fsp3) is 0.533. The van der Waals surface area contributed by atoms with Crippen molar-refractivity contribution in [3.05, 3.63) is 34.6 Å². The molecule has 1 aliphatic rings. The van der Waals surface area contributed by atoms with Crippen LogP contribution in [0.4, 0.5) is 4.39 Å². The van der Waals surface area contributed by atoms with Crippen molar-refractivity contribution in [3.8, 4) is 0 Å². The average molecular weight is 299 g/mol. The molecule has 20 heavy (non-hydrogen) atoms. The van der Waals surface area contributed by atoms with Crippen LogP contribution in [0, 0.1) is 5.82 Å². The number of carbonyl (C=O) groups is 1. The van der Waals surface area contributed by atoms with E-state index in [2.05, 4.69) is 5.32 Å². The summed E-state index contributed by atoms with van der Waals surface area (Å²) < 4.78 is 13.8. The number of likely N-dealkylation sites (tertiary alicyclic amines) is 1. The van der Waals surface area contributed by atoms with Crippen molar-refractivity contribution in [2.45, 2.75) is 31.7 Å². The molecular formula is C15H20ClFN2O. The molecule has 0 aromatic heterocycles. The molecule has 0 spiro atoms. The summed E-state index contributed by atoms with van der Waals surface area (Å²) in [6.07, 6.45) is 3.97. The highest BCUT2D eigenvalue weighted by Crippen LogP contribution is 2.24. The zero-order valence-corrected chi connectivity index (χ0v) is 12.4. The van der Waals surface area contributed by atoms with Crippen LogP contribution in [-0.2, 0) is 0 Å². The van der Waals surface area contributed by atoms with Crippen LogP contribution in [0.25, 0.3) is 0 Å². The summed E-state index contributed by atoms with van der Waals surface area (Å²) in [5.74, 6) is -0.747. The second-order valence-corrected chi connectivity index (χ2v) is 5.60. The van der Waals surface area contributed by atoms with E-state index in [1.807, 2.05) is 7.05 Å². The van der Waals surface area contributed by atoms with Crippen LogP contribution in [0.1, 0.15) is 36.0 Å². The van der Waals surface area contributed by atoms with Gasteiger partial charge in [-0.3, -0.25) is 4.79 Å².